The van der Waals surface area contributed by atoms with Gasteiger partial charge in [-0.2, -0.15) is 61.5 Å². The molecule has 12 nitrogen and oxygen atoms in total. The van der Waals surface area contributed by atoms with Crippen LogP contribution in [0.1, 0.15) is 12.8 Å². The molecule has 0 fully saturated rings. The molecule has 0 atom stereocenters. The number of pyridine rings is 2. The first kappa shape index (κ1) is 50.5. The number of anilines is 5. The largest absolute Gasteiger partial charge is 4.00 e. The number of hydrogen-bond donors (Lipinski definition) is 0. The van der Waals surface area contributed by atoms with Crippen LogP contribution in [0.5, 0.6) is 11.5 Å². The quantitative estimate of drug-likeness (QED) is 0.0458. The van der Waals surface area contributed by atoms with Crippen LogP contribution in [0.3, 0.4) is 0 Å². The summed E-state index contributed by atoms with van der Waals surface area (Å²) in [6.07, 6.45) is 14.9. The van der Waals surface area contributed by atoms with Crippen molar-refractivity contribution in [3.8, 4) is 11.5 Å². The van der Waals surface area contributed by atoms with Crippen LogP contribution in [-0.4, -0.2) is 50.3 Å². The third kappa shape index (κ3) is 13.8. The number of aliphatic imine (C=N–C) groups is 1. The van der Waals surface area contributed by atoms with E-state index >= 15 is 0 Å². The number of benzene rings is 5. The molecule has 3 aliphatic rings. The molecule has 0 saturated heterocycles. The predicted octanol–water partition coefficient (Wildman–Crippen LogP) is 13.3. The van der Waals surface area contributed by atoms with E-state index in [0.29, 0.717) is 37.1 Å². The van der Waals surface area contributed by atoms with Gasteiger partial charge in [0.1, 0.15) is 36.3 Å². The maximum absolute atomic E-state index is 5.92. The average molecular weight is 1260 g/mol. The number of ether oxygens (including phenoxy) is 2. The molecule has 0 amide bonds. The van der Waals surface area contributed by atoms with Crippen LogP contribution in [0.2, 0.25) is 0 Å². The zero-order valence-corrected chi connectivity index (χ0v) is 42.1. The molecule has 350 valence electrons. The maximum Gasteiger partial charge on any atom is 4.00 e. The summed E-state index contributed by atoms with van der Waals surface area (Å²) in [4.78, 5) is 21.4. The van der Waals surface area contributed by atoms with Crippen molar-refractivity contribution in [2.45, 2.75) is 12.8 Å². The zero-order chi connectivity index (χ0) is 45.2. The smallest absolute Gasteiger partial charge is 0.699 e. The third-order valence-corrected chi connectivity index (χ3v) is 10.2. The summed E-state index contributed by atoms with van der Waals surface area (Å²) in [5.41, 5.74) is 7.56. The first-order valence-electron chi connectivity index (χ1n) is 21.6. The summed E-state index contributed by atoms with van der Waals surface area (Å²) in [7, 11) is 4.05. The van der Waals surface area contributed by atoms with Gasteiger partial charge in [0.2, 0.25) is 0 Å². The van der Waals surface area contributed by atoms with Crippen LogP contribution >= 0.6 is 0 Å². The average Bonchev–Trinajstić information content (AvgIpc) is 3.91. The fraction of sp³-hybridized carbons (Fsp3) is 0.130. The van der Waals surface area contributed by atoms with E-state index in [-0.39, 0.29) is 42.1 Å². The fourth-order valence-electron chi connectivity index (χ4n) is 6.97. The van der Waals surface area contributed by atoms with Crippen LogP contribution in [0.15, 0.2) is 193 Å². The number of aromatic nitrogens is 2. The van der Waals surface area contributed by atoms with Crippen molar-refractivity contribution in [2.24, 2.45) is 4.99 Å². The zero-order valence-electron chi connectivity index (χ0n) is 37.5. The van der Waals surface area contributed by atoms with E-state index in [1.807, 2.05) is 184 Å². The minimum atomic E-state index is 0. The van der Waals surface area contributed by atoms with E-state index in [0.717, 1.165) is 64.3 Å². The molecular formula is C54H49N10O2Pt2-3. The molecule has 2 aliphatic heterocycles. The van der Waals surface area contributed by atoms with Gasteiger partial charge in [0.25, 0.3) is 0 Å². The van der Waals surface area contributed by atoms with Gasteiger partial charge in [-0.1, -0.05) is 116 Å². The topological polar surface area (TPSA) is 112 Å². The standard InChI is InChI=1S/C28H25N4O2.C13H13N3.C13H11N3.2Pt/c1-3-11-23(12-4-1)29-21-31-25-15-7-9-17-27(25)33-19-20-34-28-18-10-8-16-26(28)32-22-30-24-13-5-2-6-14-24;2*1-15-10-16(11-6-3-2-4-7-11)13-12(15)8-5-9-14-13;;/h1-18,21H,19-20,22H2;3,5-6,8-10H,2,4H2,1H3;2-6,8-10H,1H3;;/q-3;2*-2;;+4. The van der Waals surface area contributed by atoms with Crippen molar-refractivity contribution >= 4 is 57.8 Å². The number of allylic oxidation sites excluding steroid dienone is 3. The second-order valence-electron chi connectivity index (χ2n) is 14.8. The van der Waals surface area contributed by atoms with Crippen LogP contribution in [0.25, 0.3) is 16.0 Å². The molecule has 2 aromatic heterocycles. The molecule has 0 bridgehead atoms. The minimum Gasteiger partial charge on any atom is -0.699 e. The molecule has 0 saturated carbocycles. The summed E-state index contributed by atoms with van der Waals surface area (Å²) in [6.45, 7) is 5.14. The first-order valence-corrected chi connectivity index (χ1v) is 21.6. The van der Waals surface area contributed by atoms with E-state index in [1.54, 1.807) is 0 Å². The Hall–Kier alpha value is -6.87. The van der Waals surface area contributed by atoms with E-state index in [4.69, 9.17) is 9.47 Å². The van der Waals surface area contributed by atoms with Gasteiger partial charge in [0, 0.05) is 50.5 Å². The van der Waals surface area contributed by atoms with Gasteiger partial charge in [-0.3, -0.25) is 6.08 Å². The number of fused-ring (bicyclic) bond motifs is 2. The van der Waals surface area contributed by atoms with Crippen molar-refractivity contribution in [1.29, 1.82) is 0 Å². The van der Waals surface area contributed by atoms with Crippen molar-refractivity contribution in [1.82, 2.24) is 9.97 Å². The Morgan fingerprint density at radius 1 is 0.662 bits per heavy atom. The molecule has 7 aromatic rings. The van der Waals surface area contributed by atoms with Gasteiger partial charge in [0.15, 0.2) is 0 Å². The molecule has 5 aromatic carbocycles. The fourth-order valence-corrected chi connectivity index (χ4v) is 6.97. The van der Waals surface area contributed by atoms with Crippen molar-refractivity contribution in [2.75, 3.05) is 53.6 Å². The van der Waals surface area contributed by atoms with E-state index in [1.165, 1.54) is 6.34 Å². The summed E-state index contributed by atoms with van der Waals surface area (Å²) >= 11 is 0. The third-order valence-electron chi connectivity index (χ3n) is 10.2. The molecular weight excluding hydrogens is 1210 g/mol. The summed E-state index contributed by atoms with van der Waals surface area (Å²) in [5.74, 6) is 3.30. The monoisotopic (exact) mass is 1260 g/mol. The van der Waals surface area contributed by atoms with Gasteiger partial charge in [-0.25, -0.2) is 16.6 Å². The second kappa shape index (κ2) is 26.5. The first-order chi connectivity index (χ1) is 32.6. The van der Waals surface area contributed by atoms with Crippen LogP contribution in [-0.2, 0) is 42.1 Å². The molecule has 0 spiro atoms. The molecule has 0 N–H and O–H groups in total. The van der Waals surface area contributed by atoms with Gasteiger partial charge < -0.3 is 50.0 Å². The van der Waals surface area contributed by atoms with E-state index < -0.39 is 0 Å². The number of rotatable bonds is 14. The van der Waals surface area contributed by atoms with Crippen LogP contribution in [0.4, 0.5) is 51.4 Å². The van der Waals surface area contributed by atoms with Crippen molar-refractivity contribution in [3.05, 3.63) is 229 Å². The SMILES string of the molecule is C(=Nc1ccccc1)[N-]c1ccccc1OCCOc1ccccc1[N-]C[N-]c1ccccc1.CN1[CH-]N(C2=[C-]CCC=C2)c2ncccc21.CN1[CH-]N(c2[c-]cccc2)c2ncccc21.[Pt+4].[Pt]. The molecule has 0 unspecified atom stereocenters. The number of nitrogens with zero attached hydrogens (tertiary/aromatic N) is 10. The predicted molar refractivity (Wildman–Crippen MR) is 268 cm³/mol. The van der Waals surface area contributed by atoms with Gasteiger partial charge in [-0.15, -0.1) is 17.8 Å². The number of hydrogen-bond acceptors (Lipinski definition) is 9. The Labute approximate surface area is 429 Å². The van der Waals surface area contributed by atoms with Crippen LogP contribution < -0.4 is 29.1 Å². The molecule has 1 aliphatic carbocycles. The Bertz CT molecular complexity index is 2690. The maximum atomic E-state index is 5.92. The molecule has 10 rings (SSSR count). The number of para-hydroxylation sites is 7. The Kier molecular flexibility index (Phi) is 19.7. The second-order valence-corrected chi connectivity index (χ2v) is 14.8. The molecule has 0 radical (unpaired) electrons. The summed E-state index contributed by atoms with van der Waals surface area (Å²) < 4.78 is 11.8. The Balaban J connectivity index is 0.000000186. The van der Waals surface area contributed by atoms with E-state index in [2.05, 4.69) is 88.7 Å². The van der Waals surface area contributed by atoms with Crippen molar-refractivity contribution in [3.63, 3.8) is 0 Å². The minimum absolute atomic E-state index is 0. The van der Waals surface area contributed by atoms with Gasteiger partial charge in [-0.05, 0) is 56.2 Å². The normalized spacial score (nSPS) is 13.0. The molecule has 14 heteroatoms. The molecule has 4 heterocycles. The Morgan fingerprint density at radius 2 is 1.25 bits per heavy atom. The summed E-state index contributed by atoms with van der Waals surface area (Å²) in [5, 5.41) is 13.4. The summed E-state index contributed by atoms with van der Waals surface area (Å²) in [6, 6.07) is 53.8. The van der Waals surface area contributed by atoms with Crippen molar-refractivity contribution < 1.29 is 51.6 Å². The van der Waals surface area contributed by atoms with E-state index in [9.17, 15) is 0 Å². The molecule has 68 heavy (non-hydrogen) atoms. The van der Waals surface area contributed by atoms with Crippen LogP contribution in [0, 0.1) is 25.5 Å². The van der Waals surface area contributed by atoms with Gasteiger partial charge >= 0.3 is 21.1 Å². The Morgan fingerprint density at radius 3 is 1.90 bits per heavy atom. The van der Waals surface area contributed by atoms with Gasteiger partial charge in [0.05, 0.1) is 0 Å².